The second-order valence-corrected chi connectivity index (χ2v) is 5.79. The molecule has 2 heteroatoms. The predicted octanol–water partition coefficient (Wildman–Crippen LogP) is 3.84. The molecule has 0 unspecified atom stereocenters. The topological polar surface area (TPSA) is 40.5 Å². The average molecular weight is 250 g/mol. The highest BCUT2D eigenvalue weighted by atomic mass is 16.5. The fraction of sp³-hybridized carbons (Fsp3) is 0.750. The molecule has 0 amide bonds. The van der Waals surface area contributed by atoms with Crippen LogP contribution in [0.4, 0.5) is 0 Å². The van der Waals surface area contributed by atoms with Crippen LogP contribution in [0.3, 0.4) is 0 Å². The Labute approximate surface area is 110 Å². The molecule has 0 saturated carbocycles. The van der Waals surface area contributed by atoms with Gasteiger partial charge >= 0.3 is 0 Å². The third-order valence-corrected chi connectivity index (χ3v) is 4.16. The number of rotatable bonds is 1. The Balaban J connectivity index is 2.02. The molecule has 0 aromatic carbocycles. The SMILES string of the molecule is OC1(O)CCC=C(C2=CCCCCCC2)CCC1. The van der Waals surface area contributed by atoms with Gasteiger partial charge in [0.05, 0.1) is 0 Å². The van der Waals surface area contributed by atoms with E-state index < -0.39 is 5.79 Å². The van der Waals surface area contributed by atoms with Crippen LogP contribution in [0.15, 0.2) is 23.3 Å². The Kier molecular flexibility index (Phi) is 5.02. The van der Waals surface area contributed by atoms with Gasteiger partial charge in [-0.25, -0.2) is 0 Å². The van der Waals surface area contributed by atoms with Gasteiger partial charge in [-0.3, -0.25) is 0 Å². The van der Waals surface area contributed by atoms with E-state index in [0.717, 1.165) is 19.3 Å². The molecule has 2 aliphatic carbocycles. The summed E-state index contributed by atoms with van der Waals surface area (Å²) in [6.45, 7) is 0. The number of aliphatic hydroxyl groups is 2. The maximum atomic E-state index is 9.67. The molecular formula is C16H26O2. The average Bonchev–Trinajstić information content (AvgIpc) is 2.24. The monoisotopic (exact) mass is 250 g/mol. The fourth-order valence-electron chi connectivity index (χ4n) is 3.04. The van der Waals surface area contributed by atoms with Crippen molar-refractivity contribution in [1.29, 1.82) is 0 Å². The first-order valence-corrected chi connectivity index (χ1v) is 7.51. The molecule has 0 fully saturated rings. The molecule has 2 rings (SSSR count). The summed E-state index contributed by atoms with van der Waals surface area (Å²) in [6, 6.07) is 0. The lowest BCUT2D eigenvalue weighted by molar-refractivity contribution is -0.170. The third-order valence-electron chi connectivity index (χ3n) is 4.16. The highest BCUT2D eigenvalue weighted by Crippen LogP contribution is 2.30. The summed E-state index contributed by atoms with van der Waals surface area (Å²) in [5, 5.41) is 19.3. The fourth-order valence-corrected chi connectivity index (χ4v) is 3.04. The normalized spacial score (nSPS) is 26.1. The maximum absolute atomic E-state index is 9.67. The molecule has 0 atom stereocenters. The first-order valence-electron chi connectivity index (χ1n) is 7.51. The molecule has 0 aromatic heterocycles. The minimum Gasteiger partial charge on any atom is -0.366 e. The zero-order chi connectivity index (χ0) is 12.8. The first-order chi connectivity index (χ1) is 8.67. The van der Waals surface area contributed by atoms with Crippen molar-refractivity contribution in [3.8, 4) is 0 Å². The zero-order valence-corrected chi connectivity index (χ0v) is 11.3. The van der Waals surface area contributed by atoms with Crippen molar-refractivity contribution in [3.05, 3.63) is 23.3 Å². The quantitative estimate of drug-likeness (QED) is 0.694. The van der Waals surface area contributed by atoms with Crippen LogP contribution in [0.25, 0.3) is 0 Å². The Bertz CT molecular complexity index is 326. The molecule has 0 radical (unpaired) electrons. The molecule has 2 nitrogen and oxygen atoms in total. The zero-order valence-electron chi connectivity index (χ0n) is 11.3. The van der Waals surface area contributed by atoms with Crippen LogP contribution >= 0.6 is 0 Å². The van der Waals surface area contributed by atoms with Crippen LogP contribution < -0.4 is 0 Å². The lowest BCUT2D eigenvalue weighted by Crippen LogP contribution is -2.28. The lowest BCUT2D eigenvalue weighted by atomic mass is 9.88. The van der Waals surface area contributed by atoms with Gasteiger partial charge < -0.3 is 10.2 Å². The number of hydrogen-bond acceptors (Lipinski definition) is 2. The summed E-state index contributed by atoms with van der Waals surface area (Å²) in [7, 11) is 0. The van der Waals surface area contributed by atoms with Crippen LogP contribution in [0.5, 0.6) is 0 Å². The van der Waals surface area contributed by atoms with E-state index in [1.54, 1.807) is 0 Å². The second-order valence-electron chi connectivity index (χ2n) is 5.79. The summed E-state index contributed by atoms with van der Waals surface area (Å²) < 4.78 is 0. The highest BCUT2D eigenvalue weighted by Gasteiger charge is 2.23. The van der Waals surface area contributed by atoms with Gasteiger partial charge in [0, 0.05) is 12.8 Å². The van der Waals surface area contributed by atoms with Gasteiger partial charge in [0.15, 0.2) is 5.79 Å². The Morgan fingerprint density at radius 3 is 2.22 bits per heavy atom. The molecule has 2 N–H and O–H groups in total. The van der Waals surface area contributed by atoms with E-state index in [-0.39, 0.29) is 0 Å². The Morgan fingerprint density at radius 2 is 1.39 bits per heavy atom. The van der Waals surface area contributed by atoms with E-state index in [9.17, 15) is 10.2 Å². The van der Waals surface area contributed by atoms with E-state index in [1.165, 1.54) is 49.7 Å². The van der Waals surface area contributed by atoms with Crippen LogP contribution in [-0.2, 0) is 0 Å². The van der Waals surface area contributed by atoms with E-state index in [0.29, 0.717) is 12.8 Å². The predicted molar refractivity (Wildman–Crippen MR) is 74.1 cm³/mol. The molecule has 0 aromatic rings. The van der Waals surface area contributed by atoms with Crippen molar-refractivity contribution in [2.24, 2.45) is 0 Å². The van der Waals surface area contributed by atoms with Crippen LogP contribution in [-0.4, -0.2) is 16.0 Å². The molecule has 102 valence electrons. The minimum atomic E-state index is -1.43. The molecule has 0 heterocycles. The molecule has 2 aliphatic rings. The van der Waals surface area contributed by atoms with Crippen molar-refractivity contribution >= 4 is 0 Å². The molecular weight excluding hydrogens is 224 g/mol. The van der Waals surface area contributed by atoms with Crippen molar-refractivity contribution < 1.29 is 10.2 Å². The lowest BCUT2D eigenvalue weighted by Gasteiger charge is -2.25. The summed E-state index contributed by atoms with van der Waals surface area (Å²) in [5.74, 6) is -1.43. The van der Waals surface area contributed by atoms with Crippen molar-refractivity contribution in [3.63, 3.8) is 0 Å². The van der Waals surface area contributed by atoms with Crippen molar-refractivity contribution in [2.75, 3.05) is 0 Å². The third kappa shape index (κ3) is 4.25. The van der Waals surface area contributed by atoms with E-state index in [1.807, 2.05) is 0 Å². The van der Waals surface area contributed by atoms with E-state index in [4.69, 9.17) is 0 Å². The van der Waals surface area contributed by atoms with Crippen molar-refractivity contribution in [2.45, 2.75) is 76.4 Å². The standard InChI is InChI=1S/C16H26O2/c17-16(18)12-6-10-15(11-7-13-16)14-8-4-2-1-3-5-9-14/h8,10,17-18H,1-7,9,11-13H2. The highest BCUT2D eigenvalue weighted by molar-refractivity contribution is 5.31. The molecule has 0 bridgehead atoms. The van der Waals surface area contributed by atoms with E-state index >= 15 is 0 Å². The van der Waals surface area contributed by atoms with Gasteiger partial charge in [0.25, 0.3) is 0 Å². The summed E-state index contributed by atoms with van der Waals surface area (Å²) in [4.78, 5) is 0. The molecule has 0 saturated heterocycles. The minimum absolute atomic E-state index is 0.476. The van der Waals surface area contributed by atoms with Crippen LogP contribution in [0, 0.1) is 0 Å². The van der Waals surface area contributed by atoms with Crippen molar-refractivity contribution in [1.82, 2.24) is 0 Å². The summed E-state index contributed by atoms with van der Waals surface area (Å²) in [5.41, 5.74) is 3.02. The molecule has 0 aliphatic heterocycles. The van der Waals surface area contributed by atoms with Crippen LogP contribution in [0.2, 0.25) is 0 Å². The summed E-state index contributed by atoms with van der Waals surface area (Å²) >= 11 is 0. The van der Waals surface area contributed by atoms with Gasteiger partial charge in [-0.2, -0.15) is 0 Å². The Morgan fingerprint density at radius 1 is 0.722 bits per heavy atom. The van der Waals surface area contributed by atoms with Gasteiger partial charge in [-0.1, -0.05) is 25.0 Å². The largest absolute Gasteiger partial charge is 0.366 e. The van der Waals surface area contributed by atoms with Gasteiger partial charge in [0.1, 0.15) is 0 Å². The second kappa shape index (κ2) is 6.53. The van der Waals surface area contributed by atoms with Crippen LogP contribution in [0.1, 0.15) is 70.6 Å². The Hall–Kier alpha value is -0.600. The van der Waals surface area contributed by atoms with E-state index in [2.05, 4.69) is 12.2 Å². The smallest absolute Gasteiger partial charge is 0.162 e. The van der Waals surface area contributed by atoms with Gasteiger partial charge in [-0.05, 0) is 56.1 Å². The molecule has 0 spiro atoms. The van der Waals surface area contributed by atoms with Gasteiger partial charge in [0.2, 0.25) is 0 Å². The summed E-state index contributed by atoms with van der Waals surface area (Å²) in [6.07, 6.45) is 16.2. The van der Waals surface area contributed by atoms with Gasteiger partial charge in [-0.15, -0.1) is 0 Å². The number of allylic oxidation sites excluding steroid dienone is 4. The number of hydrogen-bond donors (Lipinski definition) is 2. The molecule has 18 heavy (non-hydrogen) atoms. The first kappa shape index (κ1) is 13.8. The maximum Gasteiger partial charge on any atom is 0.162 e.